The number of rotatable bonds is 3. The number of anilines is 1. The van der Waals surface area contributed by atoms with E-state index in [9.17, 15) is 8.42 Å². The Hall–Kier alpha value is -1.11. The minimum absolute atomic E-state index is 0.116. The maximum Gasteiger partial charge on any atom is 0.238 e. The van der Waals surface area contributed by atoms with Gasteiger partial charge in [0, 0.05) is 5.69 Å². The molecule has 20 heavy (non-hydrogen) atoms. The number of hydrogen-bond donors (Lipinski definition) is 2. The molecule has 0 aliphatic carbocycles. The molecule has 1 heterocycles. The first-order valence-corrected chi connectivity index (χ1v) is 8.14. The number of benzene rings is 1. The van der Waals surface area contributed by atoms with Crippen molar-refractivity contribution in [2.45, 2.75) is 56.3 Å². The van der Waals surface area contributed by atoms with Crippen LogP contribution in [0.15, 0.2) is 29.2 Å². The molecule has 5 nitrogen and oxygen atoms in total. The molecule has 1 aromatic carbocycles. The number of hydrogen-bond acceptors (Lipinski definition) is 4. The van der Waals surface area contributed by atoms with Crippen LogP contribution in [0, 0.1) is 0 Å². The highest BCUT2D eigenvalue weighted by Crippen LogP contribution is 2.38. The highest BCUT2D eigenvalue weighted by Gasteiger charge is 2.45. The smallest absolute Gasteiger partial charge is 0.238 e. The number of primary sulfonamides is 1. The van der Waals surface area contributed by atoms with Crippen molar-refractivity contribution in [1.29, 1.82) is 0 Å². The van der Waals surface area contributed by atoms with Crippen LogP contribution in [-0.2, 0) is 14.8 Å². The zero-order chi connectivity index (χ0) is 15.2. The quantitative estimate of drug-likeness (QED) is 0.895. The van der Waals surface area contributed by atoms with Crippen LogP contribution in [0.3, 0.4) is 0 Å². The van der Waals surface area contributed by atoms with Gasteiger partial charge in [-0.05, 0) is 58.4 Å². The third-order valence-electron chi connectivity index (χ3n) is 3.60. The lowest BCUT2D eigenvalue weighted by molar-refractivity contribution is -0.0662. The third-order valence-corrected chi connectivity index (χ3v) is 4.53. The summed E-state index contributed by atoms with van der Waals surface area (Å²) in [4.78, 5) is 0.116. The lowest BCUT2D eigenvalue weighted by Crippen LogP contribution is -2.38. The van der Waals surface area contributed by atoms with Gasteiger partial charge in [0.05, 0.1) is 22.1 Å². The predicted molar refractivity (Wildman–Crippen MR) is 79.1 cm³/mol. The Morgan fingerprint density at radius 1 is 1.20 bits per heavy atom. The highest BCUT2D eigenvalue weighted by molar-refractivity contribution is 7.89. The Bertz CT molecular complexity index is 591. The van der Waals surface area contributed by atoms with Crippen LogP contribution in [0.25, 0.3) is 0 Å². The second-order valence-electron chi connectivity index (χ2n) is 6.44. The fraction of sp³-hybridized carbons (Fsp3) is 0.571. The van der Waals surface area contributed by atoms with Crippen molar-refractivity contribution in [3.63, 3.8) is 0 Å². The largest absolute Gasteiger partial charge is 0.379 e. The summed E-state index contributed by atoms with van der Waals surface area (Å²) in [5.41, 5.74) is 0.417. The van der Waals surface area contributed by atoms with Gasteiger partial charge in [-0.25, -0.2) is 13.6 Å². The van der Waals surface area contributed by atoms with Crippen LogP contribution in [0.4, 0.5) is 5.69 Å². The van der Waals surface area contributed by atoms with Gasteiger partial charge >= 0.3 is 0 Å². The zero-order valence-electron chi connectivity index (χ0n) is 12.3. The zero-order valence-corrected chi connectivity index (χ0v) is 13.1. The van der Waals surface area contributed by atoms with E-state index >= 15 is 0 Å². The molecule has 0 spiro atoms. The molecule has 1 aliphatic heterocycles. The SMILES string of the molecule is CC1(C)CC(Nc2ccc(S(N)(=O)=O)cc2)C(C)(C)O1. The Balaban J connectivity index is 2.15. The molecule has 6 heteroatoms. The Morgan fingerprint density at radius 2 is 1.75 bits per heavy atom. The molecule has 0 aromatic heterocycles. The van der Waals surface area contributed by atoms with E-state index in [4.69, 9.17) is 9.88 Å². The molecule has 0 amide bonds. The van der Waals surface area contributed by atoms with Crippen LogP contribution in [-0.4, -0.2) is 25.7 Å². The van der Waals surface area contributed by atoms with Crippen LogP contribution in [0.5, 0.6) is 0 Å². The predicted octanol–water partition coefficient (Wildman–Crippen LogP) is 2.09. The van der Waals surface area contributed by atoms with E-state index in [1.54, 1.807) is 12.1 Å². The maximum atomic E-state index is 11.2. The van der Waals surface area contributed by atoms with Gasteiger partial charge in [0.1, 0.15) is 0 Å². The van der Waals surface area contributed by atoms with Gasteiger partial charge in [0.15, 0.2) is 0 Å². The molecule has 1 aromatic rings. The first kappa shape index (κ1) is 15.3. The molecule has 112 valence electrons. The average molecular weight is 298 g/mol. The third kappa shape index (κ3) is 3.31. The number of nitrogens with one attached hydrogen (secondary N) is 1. The van der Waals surface area contributed by atoms with E-state index < -0.39 is 10.0 Å². The van der Waals surface area contributed by atoms with Gasteiger partial charge < -0.3 is 10.1 Å². The van der Waals surface area contributed by atoms with Gasteiger partial charge in [-0.1, -0.05) is 0 Å². The molecule has 0 bridgehead atoms. The van der Waals surface area contributed by atoms with Crippen molar-refractivity contribution >= 4 is 15.7 Å². The van der Waals surface area contributed by atoms with Crippen LogP contribution < -0.4 is 10.5 Å². The first-order chi connectivity index (χ1) is 9.00. The monoisotopic (exact) mass is 298 g/mol. The minimum atomic E-state index is -3.64. The molecular formula is C14H22N2O3S. The van der Waals surface area contributed by atoms with Crippen LogP contribution >= 0.6 is 0 Å². The fourth-order valence-corrected chi connectivity index (χ4v) is 3.24. The summed E-state index contributed by atoms with van der Waals surface area (Å²) in [5.74, 6) is 0. The number of nitrogens with two attached hydrogens (primary N) is 1. The molecule has 1 aliphatic rings. The Morgan fingerprint density at radius 3 is 2.15 bits per heavy atom. The number of ether oxygens (including phenoxy) is 1. The average Bonchev–Trinajstić information content (AvgIpc) is 2.46. The molecule has 2 rings (SSSR count). The highest BCUT2D eigenvalue weighted by atomic mass is 32.2. The normalized spacial score (nSPS) is 24.6. The number of sulfonamides is 1. The fourth-order valence-electron chi connectivity index (χ4n) is 2.73. The molecule has 1 unspecified atom stereocenters. The van der Waals surface area contributed by atoms with Gasteiger partial charge in [0.25, 0.3) is 0 Å². The Labute approximate surface area is 120 Å². The van der Waals surface area contributed by atoms with Crippen molar-refractivity contribution < 1.29 is 13.2 Å². The molecular weight excluding hydrogens is 276 g/mol. The summed E-state index contributed by atoms with van der Waals surface area (Å²) >= 11 is 0. The standard InChI is InChI=1S/C14H22N2O3S/c1-13(2)9-12(14(3,4)19-13)16-10-5-7-11(8-6-10)20(15,17)18/h5-8,12,16H,9H2,1-4H3,(H2,15,17,18). The van der Waals surface area contributed by atoms with E-state index in [1.807, 2.05) is 0 Å². The Kier molecular flexibility index (Phi) is 3.60. The summed E-state index contributed by atoms with van der Waals surface area (Å²) in [6.07, 6.45) is 0.886. The van der Waals surface area contributed by atoms with E-state index in [0.717, 1.165) is 12.1 Å². The molecule has 1 atom stereocenters. The molecule has 0 saturated carbocycles. The van der Waals surface area contributed by atoms with E-state index in [1.165, 1.54) is 12.1 Å². The van der Waals surface area contributed by atoms with Crippen molar-refractivity contribution in [2.75, 3.05) is 5.32 Å². The van der Waals surface area contributed by atoms with Crippen LogP contribution in [0.2, 0.25) is 0 Å². The van der Waals surface area contributed by atoms with Crippen molar-refractivity contribution in [2.24, 2.45) is 5.14 Å². The summed E-state index contributed by atoms with van der Waals surface area (Å²) in [6.45, 7) is 8.25. The van der Waals surface area contributed by atoms with E-state index in [-0.39, 0.29) is 22.1 Å². The minimum Gasteiger partial charge on any atom is -0.379 e. The topological polar surface area (TPSA) is 81.4 Å². The van der Waals surface area contributed by atoms with Gasteiger partial charge in [-0.3, -0.25) is 0 Å². The molecule has 0 radical (unpaired) electrons. The second-order valence-corrected chi connectivity index (χ2v) is 8.00. The molecule has 1 fully saturated rings. The van der Waals surface area contributed by atoms with Gasteiger partial charge in [-0.2, -0.15) is 0 Å². The first-order valence-electron chi connectivity index (χ1n) is 6.59. The maximum absolute atomic E-state index is 11.2. The summed E-state index contributed by atoms with van der Waals surface area (Å²) in [5, 5.41) is 8.49. The van der Waals surface area contributed by atoms with Gasteiger partial charge in [-0.15, -0.1) is 0 Å². The van der Waals surface area contributed by atoms with Crippen molar-refractivity contribution in [3.05, 3.63) is 24.3 Å². The second kappa shape index (κ2) is 4.72. The molecule has 1 saturated heterocycles. The van der Waals surface area contributed by atoms with Crippen molar-refractivity contribution in [1.82, 2.24) is 0 Å². The summed E-state index contributed by atoms with van der Waals surface area (Å²) in [6, 6.07) is 6.62. The summed E-state index contributed by atoms with van der Waals surface area (Å²) in [7, 11) is -3.64. The van der Waals surface area contributed by atoms with E-state index in [0.29, 0.717) is 0 Å². The lowest BCUT2D eigenvalue weighted by atomic mass is 9.94. The molecule has 3 N–H and O–H groups in total. The van der Waals surface area contributed by atoms with E-state index in [2.05, 4.69) is 33.0 Å². The van der Waals surface area contributed by atoms with Crippen molar-refractivity contribution in [3.8, 4) is 0 Å². The van der Waals surface area contributed by atoms with Gasteiger partial charge in [0.2, 0.25) is 10.0 Å². The lowest BCUT2D eigenvalue weighted by Gasteiger charge is -2.28. The summed E-state index contributed by atoms with van der Waals surface area (Å²) < 4.78 is 28.4. The van der Waals surface area contributed by atoms with Crippen LogP contribution in [0.1, 0.15) is 34.1 Å².